The number of aromatic nitrogens is 2. The maximum atomic E-state index is 13.7. The summed E-state index contributed by atoms with van der Waals surface area (Å²) >= 11 is 0. The number of methoxy groups -OCH3 is 1. The third-order valence-electron chi connectivity index (χ3n) is 8.38. The highest BCUT2D eigenvalue weighted by Crippen LogP contribution is 2.55. The number of hydrogen-bond acceptors (Lipinski definition) is 6. The van der Waals surface area contributed by atoms with E-state index < -0.39 is 34.8 Å². The average Bonchev–Trinajstić information content (AvgIpc) is 3.78. The number of nitrogens with two attached hydrogens (primary N) is 1. The van der Waals surface area contributed by atoms with Crippen molar-refractivity contribution in [2.45, 2.75) is 37.3 Å². The molecule has 44 heavy (non-hydrogen) atoms. The zero-order valence-corrected chi connectivity index (χ0v) is 23.8. The maximum absolute atomic E-state index is 13.7. The minimum Gasteiger partial charge on any atom is -0.494 e. The summed E-state index contributed by atoms with van der Waals surface area (Å²) < 4.78 is 65.0. The van der Waals surface area contributed by atoms with E-state index >= 15 is 0 Å². The Balaban J connectivity index is 1.32. The van der Waals surface area contributed by atoms with Crippen LogP contribution in [0.3, 0.4) is 0 Å². The van der Waals surface area contributed by atoms with Crippen molar-refractivity contribution >= 4 is 22.7 Å². The van der Waals surface area contributed by atoms with Gasteiger partial charge in [-0.25, -0.2) is 9.37 Å². The topological polar surface area (TPSA) is 116 Å². The number of benzene rings is 2. The monoisotopic (exact) mass is 608 g/mol. The SMILES string of the molecule is COc1cc(C(=O)NCC(C)c2cc3c(c(-c4ccc(F)cc4)n2)OC[C@@]3(C(N)=O)C2CC2)cc2cc(C(F)(F)F)cnc12. The first-order valence-electron chi connectivity index (χ1n) is 14.0. The van der Waals surface area contributed by atoms with Crippen LogP contribution in [-0.4, -0.2) is 42.0 Å². The number of nitrogens with one attached hydrogen (secondary N) is 1. The van der Waals surface area contributed by atoms with Crippen molar-refractivity contribution < 1.29 is 36.6 Å². The number of amides is 2. The van der Waals surface area contributed by atoms with E-state index in [1.54, 1.807) is 18.2 Å². The minimum absolute atomic E-state index is 0.0304. The van der Waals surface area contributed by atoms with E-state index in [0.29, 0.717) is 28.3 Å². The van der Waals surface area contributed by atoms with Crippen LogP contribution in [0.1, 0.15) is 52.9 Å². The molecule has 1 aliphatic carbocycles. The number of fused-ring (bicyclic) bond motifs is 2. The third-order valence-corrected chi connectivity index (χ3v) is 8.38. The molecule has 0 radical (unpaired) electrons. The summed E-state index contributed by atoms with van der Waals surface area (Å²) in [6.07, 6.45) is -2.22. The van der Waals surface area contributed by atoms with Crippen LogP contribution in [0.2, 0.25) is 0 Å². The van der Waals surface area contributed by atoms with Gasteiger partial charge in [-0.15, -0.1) is 0 Å². The van der Waals surface area contributed by atoms with E-state index in [4.69, 9.17) is 20.2 Å². The van der Waals surface area contributed by atoms with E-state index in [0.717, 1.165) is 25.1 Å². The van der Waals surface area contributed by atoms with E-state index in [1.807, 2.05) is 6.92 Å². The summed E-state index contributed by atoms with van der Waals surface area (Å²) in [5.41, 5.74) is 6.48. The van der Waals surface area contributed by atoms with Gasteiger partial charge in [-0.3, -0.25) is 14.6 Å². The lowest BCUT2D eigenvalue weighted by molar-refractivity contribution is -0.137. The van der Waals surface area contributed by atoms with Gasteiger partial charge >= 0.3 is 6.18 Å². The van der Waals surface area contributed by atoms with Crippen molar-refractivity contribution in [3.05, 3.63) is 82.9 Å². The molecule has 1 unspecified atom stereocenters. The zero-order chi connectivity index (χ0) is 31.4. The van der Waals surface area contributed by atoms with Crippen LogP contribution in [-0.2, 0) is 16.4 Å². The first kappa shape index (κ1) is 29.3. The molecule has 0 saturated heterocycles. The van der Waals surface area contributed by atoms with Gasteiger partial charge in [-0.05, 0) is 67.3 Å². The van der Waals surface area contributed by atoms with Crippen LogP contribution in [0.5, 0.6) is 11.5 Å². The van der Waals surface area contributed by atoms with Crippen LogP contribution in [0, 0.1) is 11.7 Å². The van der Waals surface area contributed by atoms with Crippen LogP contribution in [0.15, 0.2) is 54.7 Å². The van der Waals surface area contributed by atoms with Gasteiger partial charge in [0.1, 0.15) is 40.5 Å². The molecule has 2 atom stereocenters. The molecule has 12 heteroatoms. The smallest absolute Gasteiger partial charge is 0.417 e. The first-order chi connectivity index (χ1) is 20.9. The highest BCUT2D eigenvalue weighted by molar-refractivity contribution is 6.00. The van der Waals surface area contributed by atoms with Crippen LogP contribution in [0.25, 0.3) is 22.2 Å². The fourth-order valence-corrected chi connectivity index (χ4v) is 5.78. The first-order valence-corrected chi connectivity index (χ1v) is 14.0. The quantitative estimate of drug-likeness (QED) is 0.255. The number of carbonyl (C=O) groups is 2. The molecule has 1 fully saturated rings. The number of alkyl halides is 3. The second kappa shape index (κ2) is 10.8. The van der Waals surface area contributed by atoms with Crippen molar-refractivity contribution in [2.75, 3.05) is 20.3 Å². The van der Waals surface area contributed by atoms with E-state index in [2.05, 4.69) is 10.3 Å². The minimum atomic E-state index is -4.60. The van der Waals surface area contributed by atoms with Gasteiger partial charge in [0.15, 0.2) is 0 Å². The molecule has 2 aliphatic rings. The molecule has 4 aromatic rings. The lowest BCUT2D eigenvalue weighted by atomic mass is 9.76. The fraction of sp³-hybridized carbons (Fsp3) is 0.312. The Kier molecular flexibility index (Phi) is 7.17. The molecule has 3 heterocycles. The molecule has 228 valence electrons. The molecular formula is C32H28F4N4O4. The summed E-state index contributed by atoms with van der Waals surface area (Å²) in [4.78, 5) is 34.8. The van der Waals surface area contributed by atoms with Gasteiger partial charge in [-0.1, -0.05) is 6.92 Å². The summed E-state index contributed by atoms with van der Waals surface area (Å²) in [5, 5.41) is 2.92. The van der Waals surface area contributed by atoms with Gasteiger partial charge in [-0.2, -0.15) is 13.2 Å². The summed E-state index contributed by atoms with van der Waals surface area (Å²) in [7, 11) is 1.34. The molecule has 8 nitrogen and oxygen atoms in total. The number of ether oxygens (including phenoxy) is 2. The average molecular weight is 609 g/mol. The number of nitrogens with zero attached hydrogens (tertiary/aromatic N) is 2. The Morgan fingerprint density at radius 2 is 1.89 bits per heavy atom. The second-order valence-corrected chi connectivity index (χ2v) is 11.3. The Labute approximate surface area is 249 Å². The van der Waals surface area contributed by atoms with Crippen molar-refractivity contribution in [2.24, 2.45) is 11.7 Å². The molecular weight excluding hydrogens is 580 g/mol. The lowest BCUT2D eigenvalue weighted by Gasteiger charge is -2.25. The molecule has 3 N–H and O–H groups in total. The molecule has 2 aromatic heterocycles. The zero-order valence-electron chi connectivity index (χ0n) is 23.8. The number of rotatable bonds is 8. The van der Waals surface area contributed by atoms with Gasteiger partial charge in [0, 0.05) is 46.4 Å². The Morgan fingerprint density at radius 1 is 1.16 bits per heavy atom. The normalized spacial score (nSPS) is 18.4. The van der Waals surface area contributed by atoms with Crippen molar-refractivity contribution in [1.82, 2.24) is 15.3 Å². The molecule has 1 aliphatic heterocycles. The number of carbonyl (C=O) groups excluding carboxylic acids is 2. The van der Waals surface area contributed by atoms with Crippen molar-refractivity contribution in [1.29, 1.82) is 0 Å². The van der Waals surface area contributed by atoms with E-state index in [-0.39, 0.29) is 47.2 Å². The number of pyridine rings is 2. The Morgan fingerprint density at radius 3 is 2.52 bits per heavy atom. The standard InChI is InChI=1S/C32H28F4N4O4/c1-16(13-39-29(41)19-9-18-10-21(32(34,35)36)14-38-26(18)25(11-19)43-2)24-12-23-28(27(40-24)17-3-7-22(33)8-4-17)44-15-31(23,30(37)42)20-5-6-20/h3-4,7-12,14,16,20H,5-6,13,15H2,1-2H3,(H2,37,42)(H,39,41)/t16?,31-/m1/s1. The Bertz CT molecular complexity index is 1790. The van der Waals surface area contributed by atoms with E-state index in [1.165, 1.54) is 31.4 Å². The second-order valence-electron chi connectivity index (χ2n) is 11.3. The molecule has 0 spiro atoms. The summed E-state index contributed by atoms with van der Waals surface area (Å²) in [5.74, 6) is -1.22. The van der Waals surface area contributed by atoms with Gasteiger partial charge < -0.3 is 20.5 Å². The lowest BCUT2D eigenvalue weighted by Crippen LogP contribution is -2.44. The molecule has 6 rings (SSSR count). The molecule has 2 amide bonds. The Hall–Kier alpha value is -4.74. The number of halogens is 4. The predicted octanol–water partition coefficient (Wildman–Crippen LogP) is 5.52. The van der Waals surface area contributed by atoms with Crippen LogP contribution >= 0.6 is 0 Å². The highest BCUT2D eigenvalue weighted by Gasteiger charge is 2.57. The maximum Gasteiger partial charge on any atom is 0.417 e. The highest BCUT2D eigenvalue weighted by atomic mass is 19.4. The largest absolute Gasteiger partial charge is 0.494 e. The third kappa shape index (κ3) is 5.07. The van der Waals surface area contributed by atoms with Gasteiger partial charge in [0.05, 0.1) is 12.7 Å². The summed E-state index contributed by atoms with van der Waals surface area (Å²) in [6.45, 7) is 2.02. The van der Waals surface area contributed by atoms with Gasteiger partial charge in [0.25, 0.3) is 5.91 Å². The van der Waals surface area contributed by atoms with Crippen molar-refractivity contribution in [3.8, 4) is 22.8 Å². The van der Waals surface area contributed by atoms with E-state index in [9.17, 15) is 27.2 Å². The molecule has 1 saturated carbocycles. The van der Waals surface area contributed by atoms with Crippen molar-refractivity contribution in [3.63, 3.8) is 0 Å². The van der Waals surface area contributed by atoms with Gasteiger partial charge in [0.2, 0.25) is 5.91 Å². The predicted molar refractivity (Wildman–Crippen MR) is 153 cm³/mol. The number of primary amides is 1. The molecule has 2 aromatic carbocycles. The van der Waals surface area contributed by atoms with Crippen LogP contribution in [0.4, 0.5) is 17.6 Å². The fourth-order valence-electron chi connectivity index (χ4n) is 5.78. The van der Waals surface area contributed by atoms with Crippen LogP contribution < -0.4 is 20.5 Å². The summed E-state index contributed by atoms with van der Waals surface area (Å²) in [6, 6.07) is 11.2. The molecule has 0 bridgehead atoms. The number of hydrogen-bond donors (Lipinski definition) is 2.